The second kappa shape index (κ2) is 11.1. The predicted octanol–water partition coefficient (Wildman–Crippen LogP) is 6.37. The highest BCUT2D eigenvalue weighted by Crippen LogP contribution is 2.32. The van der Waals surface area contributed by atoms with Crippen molar-refractivity contribution in [3.8, 4) is 5.75 Å². The van der Waals surface area contributed by atoms with Gasteiger partial charge in [0.05, 0.1) is 12.2 Å². The molecule has 0 saturated heterocycles. The van der Waals surface area contributed by atoms with Crippen molar-refractivity contribution < 1.29 is 15.3 Å². The molecule has 0 aliphatic heterocycles. The Hall–Kier alpha value is -2.66. The van der Waals surface area contributed by atoms with Gasteiger partial charge in [-0.05, 0) is 53.8 Å². The summed E-state index contributed by atoms with van der Waals surface area (Å²) in [5.74, 6) is -0.292. The highest BCUT2D eigenvalue weighted by atomic mass is 79.9. The molecule has 3 atom stereocenters. The number of hydrogen-bond donors (Lipinski definition) is 3. The van der Waals surface area contributed by atoms with Gasteiger partial charge < -0.3 is 15.3 Å². The van der Waals surface area contributed by atoms with Crippen LogP contribution in [0.3, 0.4) is 0 Å². The summed E-state index contributed by atoms with van der Waals surface area (Å²) in [5.41, 5.74) is 3.47. The van der Waals surface area contributed by atoms with E-state index in [1.165, 1.54) is 0 Å². The predicted molar refractivity (Wildman–Crippen MR) is 130 cm³/mol. The van der Waals surface area contributed by atoms with Crippen LogP contribution in [0.15, 0.2) is 96.0 Å². The molecule has 160 valence electrons. The van der Waals surface area contributed by atoms with Crippen molar-refractivity contribution in [1.29, 1.82) is 0 Å². The summed E-state index contributed by atoms with van der Waals surface area (Å²) in [5, 5.41) is 31.9. The van der Waals surface area contributed by atoms with Crippen LogP contribution in [0.1, 0.15) is 35.6 Å². The second-order valence-corrected chi connectivity index (χ2v) is 8.43. The van der Waals surface area contributed by atoms with Crippen molar-refractivity contribution in [2.75, 3.05) is 0 Å². The zero-order valence-corrected chi connectivity index (χ0v) is 18.8. The van der Waals surface area contributed by atoms with E-state index in [1.54, 1.807) is 18.2 Å². The molecule has 0 amide bonds. The molecule has 4 heteroatoms. The van der Waals surface area contributed by atoms with Crippen molar-refractivity contribution in [2.24, 2.45) is 5.92 Å². The number of benzene rings is 3. The minimum absolute atomic E-state index is 0.195. The summed E-state index contributed by atoms with van der Waals surface area (Å²) < 4.78 is 0.877. The van der Waals surface area contributed by atoms with E-state index >= 15 is 0 Å². The molecule has 0 aliphatic carbocycles. The molecule has 0 heterocycles. The minimum Gasteiger partial charge on any atom is -0.507 e. The van der Waals surface area contributed by atoms with Crippen molar-refractivity contribution in [2.45, 2.75) is 25.0 Å². The Bertz CT molecular complexity index is 1020. The number of phenolic OH excluding ortho intramolecular Hbond substituents is 1. The fourth-order valence-electron chi connectivity index (χ4n) is 3.65. The molecular formula is C27H27BrO3. The monoisotopic (exact) mass is 478 g/mol. The molecule has 0 bridgehead atoms. The normalized spacial score (nSPS) is 14.6. The fraction of sp³-hybridized carbons (Fsp3) is 0.185. The maximum atomic E-state index is 10.9. The first-order valence-electron chi connectivity index (χ1n) is 10.3. The number of allylic oxidation sites excluding steroid dienone is 1. The molecule has 0 fully saturated rings. The number of halogens is 1. The Morgan fingerprint density at radius 1 is 0.935 bits per heavy atom. The Balaban J connectivity index is 1.82. The highest BCUT2D eigenvalue weighted by Gasteiger charge is 2.25. The van der Waals surface area contributed by atoms with Crippen molar-refractivity contribution in [1.82, 2.24) is 0 Å². The van der Waals surface area contributed by atoms with E-state index in [4.69, 9.17) is 0 Å². The average Bonchev–Trinajstić information content (AvgIpc) is 2.80. The fourth-order valence-corrected chi connectivity index (χ4v) is 4.02. The lowest BCUT2D eigenvalue weighted by Crippen LogP contribution is -2.25. The first-order chi connectivity index (χ1) is 15.0. The first kappa shape index (κ1) is 23.0. The molecule has 3 aromatic rings. The van der Waals surface area contributed by atoms with Gasteiger partial charge in [0.2, 0.25) is 0 Å². The molecule has 0 aliphatic rings. The van der Waals surface area contributed by atoms with Crippen LogP contribution in [0.25, 0.3) is 11.6 Å². The molecule has 3 N–H and O–H groups in total. The number of phenols is 1. The largest absolute Gasteiger partial charge is 0.507 e. The number of hydrogen-bond acceptors (Lipinski definition) is 3. The van der Waals surface area contributed by atoms with Crippen molar-refractivity contribution >= 4 is 27.6 Å². The average molecular weight is 479 g/mol. The van der Waals surface area contributed by atoms with Gasteiger partial charge in [0.1, 0.15) is 5.75 Å². The van der Waals surface area contributed by atoms with Gasteiger partial charge in [-0.25, -0.2) is 0 Å². The number of aromatic hydroxyl groups is 1. The lowest BCUT2D eigenvalue weighted by molar-refractivity contribution is 0.0325. The number of rotatable bonds is 9. The molecule has 3 rings (SSSR count). The Kier molecular flexibility index (Phi) is 8.24. The first-order valence-corrected chi connectivity index (χ1v) is 11.1. The molecular weight excluding hydrogens is 452 g/mol. The molecule has 0 saturated carbocycles. The van der Waals surface area contributed by atoms with Crippen LogP contribution in [0.5, 0.6) is 5.75 Å². The van der Waals surface area contributed by atoms with Crippen molar-refractivity contribution in [3.63, 3.8) is 0 Å². The van der Waals surface area contributed by atoms with Crippen molar-refractivity contribution in [3.05, 3.63) is 113 Å². The van der Waals surface area contributed by atoms with Crippen LogP contribution < -0.4 is 0 Å². The number of aliphatic hydroxyl groups is 2. The van der Waals surface area contributed by atoms with E-state index in [0.29, 0.717) is 18.4 Å². The summed E-state index contributed by atoms with van der Waals surface area (Å²) in [6.07, 6.45) is 2.98. The summed E-state index contributed by atoms with van der Waals surface area (Å²) in [6, 6.07) is 24.5. The third-order valence-corrected chi connectivity index (χ3v) is 5.89. The van der Waals surface area contributed by atoms with Crippen LogP contribution >= 0.6 is 15.9 Å². The van der Waals surface area contributed by atoms with Gasteiger partial charge in [-0.15, -0.1) is 6.58 Å². The van der Waals surface area contributed by atoms with Crippen LogP contribution in [0.2, 0.25) is 0 Å². The maximum Gasteiger partial charge on any atom is 0.122 e. The Labute approximate surface area is 192 Å². The summed E-state index contributed by atoms with van der Waals surface area (Å²) in [6.45, 7) is 3.83. The van der Waals surface area contributed by atoms with Gasteiger partial charge in [-0.1, -0.05) is 82.7 Å². The van der Waals surface area contributed by atoms with Gasteiger partial charge in [-0.2, -0.15) is 0 Å². The highest BCUT2D eigenvalue weighted by molar-refractivity contribution is 9.10. The third-order valence-electron chi connectivity index (χ3n) is 5.40. The standard InChI is InChI=1S/C27H27BrO3/c1-2-24(27(31)20-11-7-4-8-12-20)26(30)15-13-21(19-9-5-3-6-10-19)17-22-18-23(28)14-16-25(22)29/h2-12,14,16-18,24,26-27,29-31H,1,13,15H2/b21-17-/t24-,26-,27-/m1/s1. The third kappa shape index (κ3) is 6.17. The van der Waals surface area contributed by atoms with Crippen LogP contribution in [0, 0.1) is 5.92 Å². The summed E-state index contributed by atoms with van der Waals surface area (Å²) in [4.78, 5) is 0. The van der Waals surface area contributed by atoms with E-state index in [1.807, 2.05) is 72.8 Å². The molecule has 3 nitrogen and oxygen atoms in total. The lowest BCUT2D eigenvalue weighted by atomic mass is 9.87. The molecule has 0 radical (unpaired) electrons. The zero-order valence-electron chi connectivity index (χ0n) is 17.2. The van der Waals surface area contributed by atoms with Crippen LogP contribution in [0.4, 0.5) is 0 Å². The lowest BCUT2D eigenvalue weighted by Gasteiger charge is -2.25. The molecule has 0 aromatic heterocycles. The van der Waals surface area contributed by atoms with Crippen LogP contribution in [-0.2, 0) is 0 Å². The maximum absolute atomic E-state index is 10.9. The summed E-state index contributed by atoms with van der Waals surface area (Å²) in [7, 11) is 0. The second-order valence-electron chi connectivity index (χ2n) is 7.51. The van der Waals surface area contributed by atoms with E-state index in [0.717, 1.165) is 21.2 Å². The van der Waals surface area contributed by atoms with Gasteiger partial charge in [-0.3, -0.25) is 0 Å². The Morgan fingerprint density at radius 3 is 2.23 bits per heavy atom. The van der Waals surface area contributed by atoms with E-state index in [-0.39, 0.29) is 5.75 Å². The van der Waals surface area contributed by atoms with Gasteiger partial charge in [0.25, 0.3) is 0 Å². The van der Waals surface area contributed by atoms with Crippen LogP contribution in [-0.4, -0.2) is 21.4 Å². The molecule has 0 unspecified atom stereocenters. The van der Waals surface area contributed by atoms with E-state index in [9.17, 15) is 15.3 Å². The quantitative estimate of drug-likeness (QED) is 0.247. The molecule has 3 aromatic carbocycles. The van der Waals surface area contributed by atoms with E-state index in [2.05, 4.69) is 22.5 Å². The van der Waals surface area contributed by atoms with Gasteiger partial charge >= 0.3 is 0 Å². The topological polar surface area (TPSA) is 60.7 Å². The zero-order chi connectivity index (χ0) is 22.2. The molecule has 31 heavy (non-hydrogen) atoms. The SMILES string of the molecule is C=C[C@H]([C@H](O)CC/C(=C/c1cc(Br)ccc1O)c1ccccc1)[C@H](O)c1ccccc1. The van der Waals surface area contributed by atoms with Gasteiger partial charge in [0.15, 0.2) is 0 Å². The summed E-state index contributed by atoms with van der Waals surface area (Å²) >= 11 is 3.45. The molecule has 0 spiro atoms. The van der Waals surface area contributed by atoms with E-state index < -0.39 is 18.1 Å². The van der Waals surface area contributed by atoms with Gasteiger partial charge in [0, 0.05) is 16.0 Å². The minimum atomic E-state index is -0.827. The smallest absolute Gasteiger partial charge is 0.122 e. The Morgan fingerprint density at radius 2 is 1.58 bits per heavy atom. The number of aliphatic hydroxyl groups excluding tert-OH is 2.